The third kappa shape index (κ3) is 4.34. The predicted octanol–water partition coefficient (Wildman–Crippen LogP) is 1.97. The zero-order chi connectivity index (χ0) is 17.7. The van der Waals surface area contributed by atoms with E-state index in [1.807, 2.05) is 0 Å². The molecule has 1 aromatic rings. The van der Waals surface area contributed by atoms with Gasteiger partial charge in [0.2, 0.25) is 10.0 Å². The fourth-order valence-corrected chi connectivity index (χ4v) is 4.75. The van der Waals surface area contributed by atoms with Gasteiger partial charge in [-0.15, -0.1) is 0 Å². The minimum absolute atomic E-state index is 0.120. The Kier molecular flexibility index (Phi) is 6.37. The first-order chi connectivity index (χ1) is 11.4. The van der Waals surface area contributed by atoms with E-state index in [9.17, 15) is 13.2 Å². The molecular weight excluding hydrogens is 328 g/mol. The van der Waals surface area contributed by atoms with E-state index in [1.165, 1.54) is 6.07 Å². The Morgan fingerprint density at radius 3 is 2.71 bits per heavy atom. The molecule has 0 radical (unpaired) electrons. The van der Waals surface area contributed by atoms with Crippen molar-refractivity contribution in [3.8, 4) is 0 Å². The van der Waals surface area contributed by atoms with Gasteiger partial charge in [-0.3, -0.25) is 0 Å². The third-order valence-corrected chi connectivity index (χ3v) is 6.14. The normalized spacial score (nSPS) is 21.5. The van der Waals surface area contributed by atoms with E-state index in [0.717, 1.165) is 25.7 Å². The van der Waals surface area contributed by atoms with Gasteiger partial charge in [0.1, 0.15) is 0 Å². The molecule has 1 fully saturated rings. The number of hydrogen-bond donors (Lipinski definition) is 2. The molecule has 134 valence electrons. The first-order valence-corrected chi connectivity index (χ1v) is 9.87. The number of nitrogens with two attached hydrogens (primary N) is 1. The standard InChI is InChI=1S/C17H26N2O4S/c1-3-23-17(20)13-9-8-12(2)16(10-13)24(21,22)19-15-7-5-4-6-14(15)11-18/h8-10,14-15,19H,3-7,11,18H2,1-2H3. The molecule has 24 heavy (non-hydrogen) atoms. The van der Waals surface area contributed by atoms with E-state index in [4.69, 9.17) is 10.5 Å². The number of carbonyl (C=O) groups is 1. The van der Waals surface area contributed by atoms with Crippen LogP contribution in [0.4, 0.5) is 0 Å². The lowest BCUT2D eigenvalue weighted by Crippen LogP contribution is -2.44. The molecule has 2 rings (SSSR count). The Morgan fingerprint density at radius 2 is 2.04 bits per heavy atom. The van der Waals surface area contributed by atoms with Crippen LogP contribution >= 0.6 is 0 Å². The largest absolute Gasteiger partial charge is 0.462 e. The highest BCUT2D eigenvalue weighted by Crippen LogP contribution is 2.26. The van der Waals surface area contributed by atoms with E-state index < -0.39 is 16.0 Å². The van der Waals surface area contributed by atoms with Crippen molar-refractivity contribution in [1.29, 1.82) is 0 Å². The third-order valence-electron chi connectivity index (χ3n) is 4.51. The summed E-state index contributed by atoms with van der Waals surface area (Å²) in [7, 11) is -3.72. The topological polar surface area (TPSA) is 98.5 Å². The second-order valence-electron chi connectivity index (χ2n) is 6.21. The van der Waals surface area contributed by atoms with E-state index in [2.05, 4.69) is 4.72 Å². The summed E-state index contributed by atoms with van der Waals surface area (Å²) in [5, 5.41) is 0. The van der Waals surface area contributed by atoms with E-state index in [1.54, 1.807) is 26.0 Å². The van der Waals surface area contributed by atoms with Crippen molar-refractivity contribution >= 4 is 16.0 Å². The van der Waals surface area contributed by atoms with Gasteiger partial charge in [0.15, 0.2) is 0 Å². The molecule has 0 spiro atoms. The smallest absolute Gasteiger partial charge is 0.338 e. The van der Waals surface area contributed by atoms with Crippen LogP contribution in [0.25, 0.3) is 0 Å². The average Bonchev–Trinajstić information content (AvgIpc) is 2.55. The number of nitrogens with one attached hydrogen (secondary N) is 1. The Morgan fingerprint density at radius 1 is 1.33 bits per heavy atom. The molecule has 7 heteroatoms. The van der Waals surface area contributed by atoms with Crippen molar-refractivity contribution in [1.82, 2.24) is 4.72 Å². The Bertz CT molecular complexity index is 688. The summed E-state index contributed by atoms with van der Waals surface area (Å²) in [5.74, 6) is -0.367. The summed E-state index contributed by atoms with van der Waals surface area (Å²) in [5.41, 5.74) is 6.61. The van der Waals surface area contributed by atoms with Gasteiger partial charge in [-0.2, -0.15) is 0 Å². The lowest BCUT2D eigenvalue weighted by atomic mass is 9.85. The van der Waals surface area contributed by atoms with Crippen molar-refractivity contribution in [3.05, 3.63) is 29.3 Å². The van der Waals surface area contributed by atoms with Crippen molar-refractivity contribution in [2.45, 2.75) is 50.5 Å². The average molecular weight is 354 g/mol. The Hall–Kier alpha value is -1.44. The number of hydrogen-bond acceptors (Lipinski definition) is 5. The van der Waals surface area contributed by atoms with Crippen LogP contribution < -0.4 is 10.5 Å². The first kappa shape index (κ1) is 18.9. The molecule has 1 saturated carbocycles. The summed E-state index contributed by atoms with van der Waals surface area (Å²) in [6.07, 6.45) is 3.80. The van der Waals surface area contributed by atoms with Crippen LogP contribution in [0.3, 0.4) is 0 Å². The zero-order valence-electron chi connectivity index (χ0n) is 14.2. The highest BCUT2D eigenvalue weighted by atomic mass is 32.2. The van der Waals surface area contributed by atoms with Crippen LogP contribution in [0.2, 0.25) is 0 Å². The molecule has 0 aliphatic heterocycles. The maximum atomic E-state index is 12.8. The summed E-state index contributed by atoms with van der Waals surface area (Å²) in [4.78, 5) is 12.0. The van der Waals surface area contributed by atoms with Gasteiger partial charge in [-0.05, 0) is 56.8 Å². The molecule has 6 nitrogen and oxygen atoms in total. The molecule has 1 aliphatic rings. The Labute approximate surface area is 143 Å². The van der Waals surface area contributed by atoms with Gasteiger partial charge in [0, 0.05) is 6.04 Å². The van der Waals surface area contributed by atoms with E-state index in [-0.39, 0.29) is 29.0 Å². The van der Waals surface area contributed by atoms with Crippen LogP contribution in [-0.2, 0) is 14.8 Å². The number of sulfonamides is 1. The van der Waals surface area contributed by atoms with Crippen LogP contribution in [0.15, 0.2) is 23.1 Å². The van der Waals surface area contributed by atoms with Crippen LogP contribution in [0.5, 0.6) is 0 Å². The second-order valence-corrected chi connectivity index (χ2v) is 7.89. The number of ether oxygens (including phenoxy) is 1. The van der Waals surface area contributed by atoms with Crippen molar-refractivity contribution in [2.24, 2.45) is 11.7 Å². The van der Waals surface area contributed by atoms with Gasteiger partial charge in [0.05, 0.1) is 17.1 Å². The molecule has 1 aromatic carbocycles. The second kappa shape index (κ2) is 8.09. The molecule has 0 amide bonds. The van der Waals surface area contributed by atoms with Gasteiger partial charge in [-0.1, -0.05) is 18.9 Å². The molecule has 0 heterocycles. The maximum Gasteiger partial charge on any atom is 0.338 e. The lowest BCUT2D eigenvalue weighted by molar-refractivity contribution is 0.0526. The SMILES string of the molecule is CCOC(=O)c1ccc(C)c(S(=O)(=O)NC2CCCCC2CN)c1. The molecule has 0 saturated heterocycles. The number of carbonyl (C=O) groups excluding carboxylic acids is 1. The monoisotopic (exact) mass is 354 g/mol. The highest BCUT2D eigenvalue weighted by Gasteiger charge is 2.29. The van der Waals surface area contributed by atoms with E-state index in [0.29, 0.717) is 12.1 Å². The summed E-state index contributed by atoms with van der Waals surface area (Å²) >= 11 is 0. The molecule has 0 aromatic heterocycles. The van der Waals surface area contributed by atoms with Crippen LogP contribution in [0.1, 0.15) is 48.5 Å². The fraction of sp³-hybridized carbons (Fsp3) is 0.588. The van der Waals surface area contributed by atoms with Gasteiger partial charge >= 0.3 is 5.97 Å². The zero-order valence-corrected chi connectivity index (χ0v) is 15.1. The van der Waals surface area contributed by atoms with Crippen LogP contribution in [-0.4, -0.2) is 33.6 Å². The molecule has 3 N–H and O–H groups in total. The minimum atomic E-state index is -3.72. The van der Waals surface area contributed by atoms with Gasteiger partial charge in [-0.25, -0.2) is 17.9 Å². The highest BCUT2D eigenvalue weighted by molar-refractivity contribution is 7.89. The number of benzene rings is 1. The Balaban J connectivity index is 2.27. The number of rotatable bonds is 6. The summed E-state index contributed by atoms with van der Waals surface area (Å²) in [6.45, 7) is 4.13. The summed E-state index contributed by atoms with van der Waals surface area (Å²) in [6, 6.07) is 4.44. The molecular formula is C17H26N2O4S. The molecule has 0 bridgehead atoms. The van der Waals surface area contributed by atoms with Crippen LogP contribution in [0, 0.1) is 12.8 Å². The molecule has 1 aliphatic carbocycles. The quantitative estimate of drug-likeness (QED) is 0.761. The minimum Gasteiger partial charge on any atom is -0.462 e. The van der Waals surface area contributed by atoms with Gasteiger partial charge < -0.3 is 10.5 Å². The number of esters is 1. The first-order valence-electron chi connectivity index (χ1n) is 8.39. The summed E-state index contributed by atoms with van der Waals surface area (Å²) < 4.78 is 33.4. The van der Waals surface area contributed by atoms with Crippen molar-refractivity contribution in [3.63, 3.8) is 0 Å². The lowest BCUT2D eigenvalue weighted by Gasteiger charge is -2.31. The van der Waals surface area contributed by atoms with Gasteiger partial charge in [0.25, 0.3) is 0 Å². The van der Waals surface area contributed by atoms with Crippen molar-refractivity contribution in [2.75, 3.05) is 13.2 Å². The molecule has 2 atom stereocenters. The molecule has 2 unspecified atom stereocenters. The number of aryl methyl sites for hydroxylation is 1. The predicted molar refractivity (Wildman–Crippen MR) is 92.3 cm³/mol. The van der Waals surface area contributed by atoms with Crippen molar-refractivity contribution < 1.29 is 17.9 Å². The fourth-order valence-electron chi connectivity index (χ4n) is 3.14. The maximum absolute atomic E-state index is 12.8. The van der Waals surface area contributed by atoms with E-state index >= 15 is 0 Å².